The number of rotatable bonds is 7. The molecule has 1 atom stereocenters. The van der Waals surface area contributed by atoms with Crippen molar-refractivity contribution in [1.29, 1.82) is 0 Å². The molecule has 0 saturated heterocycles. The number of benzene rings is 2. The number of halogens is 2. The summed E-state index contributed by atoms with van der Waals surface area (Å²) >= 11 is 5.84. The number of aromatic amines is 2. The summed E-state index contributed by atoms with van der Waals surface area (Å²) in [5, 5.41) is 23.8. The van der Waals surface area contributed by atoms with Crippen LogP contribution in [0.5, 0.6) is 0 Å². The molecule has 0 fully saturated rings. The molecular weight excluding hydrogens is 471 g/mol. The van der Waals surface area contributed by atoms with Gasteiger partial charge in [-0.3, -0.25) is 9.89 Å². The minimum atomic E-state index is -0.755. The van der Waals surface area contributed by atoms with Gasteiger partial charge in [0.05, 0.1) is 29.6 Å². The lowest BCUT2D eigenvalue weighted by atomic mass is 10.1. The number of pyridine rings is 1. The molecule has 0 aliphatic carbocycles. The fourth-order valence-electron chi connectivity index (χ4n) is 3.74. The van der Waals surface area contributed by atoms with Gasteiger partial charge in [0.25, 0.3) is 5.91 Å². The molecule has 0 saturated carbocycles. The summed E-state index contributed by atoms with van der Waals surface area (Å²) < 4.78 is 13.5. The highest BCUT2D eigenvalue weighted by molar-refractivity contribution is 6.30. The molecule has 8 nitrogen and oxygen atoms in total. The predicted octanol–water partition coefficient (Wildman–Crippen LogP) is 4.95. The molecule has 0 bridgehead atoms. The number of carbonyl (C=O) groups is 1. The van der Waals surface area contributed by atoms with E-state index in [0.29, 0.717) is 22.5 Å². The number of fused-ring (bicyclic) bond motifs is 1. The van der Waals surface area contributed by atoms with Gasteiger partial charge in [-0.05, 0) is 42.0 Å². The first-order chi connectivity index (χ1) is 17.0. The number of para-hydroxylation sites is 1. The number of nitrogens with zero attached hydrogens (tertiary/aromatic N) is 2. The van der Waals surface area contributed by atoms with Crippen LogP contribution in [0.2, 0.25) is 5.02 Å². The van der Waals surface area contributed by atoms with Crippen molar-refractivity contribution >= 4 is 39.9 Å². The standard InChI is InChI=1S/C25H20ClFN6O2/c26-19-8-14(6-7-20(19)27)22(13-34)31-25(35)21-9-15(11-28-21)23-18-10-17(12-29-24(18)33-32-23)30-16-4-2-1-3-5-16/h1-12,22,28,30,34H,13H2,(H,31,35)(H,29,32,33)/t22-/m1/s1. The van der Waals surface area contributed by atoms with Crippen LogP contribution in [0.4, 0.5) is 15.8 Å². The van der Waals surface area contributed by atoms with E-state index in [1.807, 2.05) is 36.4 Å². The molecule has 35 heavy (non-hydrogen) atoms. The number of nitrogens with one attached hydrogen (secondary N) is 4. The zero-order chi connectivity index (χ0) is 24.4. The normalized spacial score (nSPS) is 12.0. The molecule has 176 valence electrons. The Morgan fingerprint density at radius 2 is 1.94 bits per heavy atom. The first-order valence-corrected chi connectivity index (χ1v) is 11.1. The fraction of sp³-hybridized carbons (Fsp3) is 0.0800. The second kappa shape index (κ2) is 9.57. The van der Waals surface area contributed by atoms with E-state index in [0.717, 1.165) is 16.8 Å². The zero-order valence-corrected chi connectivity index (χ0v) is 19.0. The van der Waals surface area contributed by atoms with E-state index < -0.39 is 17.8 Å². The molecule has 5 rings (SSSR count). The van der Waals surface area contributed by atoms with Crippen LogP contribution in [0.3, 0.4) is 0 Å². The second-order valence-electron chi connectivity index (χ2n) is 7.87. The molecule has 0 unspecified atom stereocenters. The molecule has 5 aromatic rings. The van der Waals surface area contributed by atoms with Crippen molar-refractivity contribution in [1.82, 2.24) is 25.5 Å². The van der Waals surface area contributed by atoms with Gasteiger partial charge in [-0.25, -0.2) is 9.37 Å². The maximum absolute atomic E-state index is 13.5. The van der Waals surface area contributed by atoms with Crippen LogP contribution in [-0.2, 0) is 0 Å². The van der Waals surface area contributed by atoms with Gasteiger partial charge in [0, 0.05) is 22.8 Å². The minimum absolute atomic E-state index is 0.0856. The molecule has 3 heterocycles. The number of aromatic nitrogens is 4. The molecule has 1 amide bonds. The molecule has 5 N–H and O–H groups in total. The average Bonchev–Trinajstić information content (AvgIpc) is 3.52. The molecule has 0 aliphatic rings. The Hall–Kier alpha value is -4.21. The van der Waals surface area contributed by atoms with Gasteiger partial charge in [-0.2, -0.15) is 5.10 Å². The van der Waals surface area contributed by atoms with Crippen molar-refractivity contribution in [3.05, 3.63) is 95.2 Å². The Kier molecular flexibility index (Phi) is 6.17. The highest BCUT2D eigenvalue weighted by Gasteiger charge is 2.19. The number of aliphatic hydroxyl groups excluding tert-OH is 1. The summed E-state index contributed by atoms with van der Waals surface area (Å²) in [4.78, 5) is 20.2. The Morgan fingerprint density at radius 3 is 2.71 bits per heavy atom. The Morgan fingerprint density at radius 1 is 1.11 bits per heavy atom. The number of hydrogen-bond donors (Lipinski definition) is 5. The van der Waals surface area contributed by atoms with E-state index in [9.17, 15) is 14.3 Å². The van der Waals surface area contributed by atoms with Gasteiger partial charge in [0.1, 0.15) is 17.2 Å². The van der Waals surface area contributed by atoms with E-state index in [2.05, 4.69) is 30.8 Å². The lowest BCUT2D eigenvalue weighted by Gasteiger charge is -2.16. The third-order valence-corrected chi connectivity index (χ3v) is 5.80. The van der Waals surface area contributed by atoms with Crippen molar-refractivity contribution in [2.24, 2.45) is 0 Å². The SMILES string of the molecule is O=C(N[C@H](CO)c1ccc(F)c(Cl)c1)c1cc(-c2n[nH]c3ncc(Nc4ccccc4)cc23)c[nH]1. The summed E-state index contributed by atoms with van der Waals surface area (Å²) in [6.45, 7) is -0.381. The topological polar surface area (TPSA) is 119 Å². The largest absolute Gasteiger partial charge is 0.394 e. The number of H-pyrrole nitrogens is 2. The average molecular weight is 491 g/mol. The van der Waals surface area contributed by atoms with Gasteiger partial charge < -0.3 is 20.7 Å². The summed E-state index contributed by atoms with van der Waals surface area (Å²) in [6, 6.07) is 16.6. The zero-order valence-electron chi connectivity index (χ0n) is 18.2. The van der Waals surface area contributed by atoms with Crippen molar-refractivity contribution in [2.45, 2.75) is 6.04 Å². The van der Waals surface area contributed by atoms with Gasteiger partial charge in [0.2, 0.25) is 0 Å². The molecule has 3 aromatic heterocycles. The van der Waals surface area contributed by atoms with Crippen LogP contribution < -0.4 is 10.6 Å². The molecule has 10 heteroatoms. The van der Waals surface area contributed by atoms with Crippen LogP contribution in [0, 0.1) is 5.82 Å². The summed E-state index contributed by atoms with van der Waals surface area (Å²) in [6.07, 6.45) is 3.38. The highest BCUT2D eigenvalue weighted by Crippen LogP contribution is 2.29. The maximum Gasteiger partial charge on any atom is 0.268 e. The van der Waals surface area contributed by atoms with E-state index >= 15 is 0 Å². The Balaban J connectivity index is 1.37. The molecule has 0 radical (unpaired) electrons. The lowest BCUT2D eigenvalue weighted by Crippen LogP contribution is -2.31. The van der Waals surface area contributed by atoms with Crippen LogP contribution >= 0.6 is 11.6 Å². The number of hydrogen-bond acceptors (Lipinski definition) is 5. The molecule has 0 spiro atoms. The Bertz CT molecular complexity index is 1500. The molecule has 0 aliphatic heterocycles. The third-order valence-electron chi connectivity index (χ3n) is 5.51. The second-order valence-corrected chi connectivity index (χ2v) is 8.27. The van der Waals surface area contributed by atoms with Crippen molar-refractivity contribution in [2.75, 3.05) is 11.9 Å². The van der Waals surface area contributed by atoms with Gasteiger partial charge >= 0.3 is 0 Å². The van der Waals surface area contributed by atoms with Crippen LogP contribution in [-0.4, -0.2) is 37.8 Å². The summed E-state index contributed by atoms with van der Waals surface area (Å²) in [7, 11) is 0. The van der Waals surface area contributed by atoms with Crippen LogP contribution in [0.25, 0.3) is 22.3 Å². The monoisotopic (exact) mass is 490 g/mol. The van der Waals surface area contributed by atoms with Gasteiger partial charge in [-0.15, -0.1) is 0 Å². The maximum atomic E-state index is 13.5. The van der Waals surface area contributed by atoms with Crippen molar-refractivity contribution < 1.29 is 14.3 Å². The van der Waals surface area contributed by atoms with E-state index in [-0.39, 0.29) is 17.3 Å². The van der Waals surface area contributed by atoms with Gasteiger partial charge in [-0.1, -0.05) is 35.9 Å². The number of carbonyl (C=O) groups excluding carboxylic acids is 1. The number of aliphatic hydroxyl groups is 1. The first kappa shape index (κ1) is 22.6. The highest BCUT2D eigenvalue weighted by atomic mass is 35.5. The first-order valence-electron chi connectivity index (χ1n) is 10.7. The summed E-state index contributed by atoms with van der Waals surface area (Å²) in [5.74, 6) is -1.02. The van der Waals surface area contributed by atoms with Crippen molar-refractivity contribution in [3.8, 4) is 11.3 Å². The molecular formula is C25H20ClFN6O2. The van der Waals surface area contributed by atoms with Gasteiger partial charge in [0.15, 0.2) is 5.65 Å². The fourth-order valence-corrected chi connectivity index (χ4v) is 3.93. The third kappa shape index (κ3) is 4.72. The Labute approximate surface area is 204 Å². The summed E-state index contributed by atoms with van der Waals surface area (Å²) in [5.41, 5.74) is 4.41. The lowest BCUT2D eigenvalue weighted by molar-refractivity contribution is 0.0911. The molecule has 2 aromatic carbocycles. The van der Waals surface area contributed by atoms with E-state index in [1.54, 1.807) is 18.5 Å². The van der Waals surface area contributed by atoms with Crippen molar-refractivity contribution in [3.63, 3.8) is 0 Å². The smallest absolute Gasteiger partial charge is 0.268 e. The quantitative estimate of drug-likeness (QED) is 0.221. The minimum Gasteiger partial charge on any atom is -0.394 e. The van der Waals surface area contributed by atoms with E-state index in [4.69, 9.17) is 11.6 Å². The number of amides is 1. The van der Waals surface area contributed by atoms with Crippen LogP contribution in [0.1, 0.15) is 22.1 Å². The number of anilines is 2. The van der Waals surface area contributed by atoms with Crippen LogP contribution in [0.15, 0.2) is 73.1 Å². The van der Waals surface area contributed by atoms with E-state index in [1.165, 1.54) is 18.2 Å². The predicted molar refractivity (Wildman–Crippen MR) is 132 cm³/mol.